The van der Waals surface area contributed by atoms with Crippen molar-refractivity contribution in [2.45, 2.75) is 55.9 Å². The van der Waals surface area contributed by atoms with Crippen LogP contribution in [0.5, 0.6) is 0 Å². The molecule has 0 saturated heterocycles. The molecule has 3 rings (SSSR count). The molecule has 1 aromatic rings. The molecular formula is C17H24OS. The van der Waals surface area contributed by atoms with E-state index in [2.05, 4.69) is 31.2 Å². The third-order valence-corrected chi connectivity index (χ3v) is 6.29. The quantitative estimate of drug-likeness (QED) is 0.880. The minimum atomic E-state index is -0.138. The highest BCUT2D eigenvalue weighted by Gasteiger charge is 2.37. The molecule has 4 atom stereocenters. The molecule has 2 aliphatic rings. The lowest BCUT2D eigenvalue weighted by Crippen LogP contribution is -2.35. The summed E-state index contributed by atoms with van der Waals surface area (Å²) in [5.41, 5.74) is 1.39. The zero-order valence-electron chi connectivity index (χ0n) is 11.7. The Labute approximate surface area is 120 Å². The van der Waals surface area contributed by atoms with E-state index < -0.39 is 0 Å². The Morgan fingerprint density at radius 2 is 2.05 bits per heavy atom. The van der Waals surface area contributed by atoms with Gasteiger partial charge in [0.15, 0.2) is 0 Å². The van der Waals surface area contributed by atoms with Gasteiger partial charge in [0.2, 0.25) is 0 Å². The zero-order valence-corrected chi connectivity index (χ0v) is 12.5. The van der Waals surface area contributed by atoms with Gasteiger partial charge in [-0.05, 0) is 29.9 Å². The molecule has 1 saturated carbocycles. The summed E-state index contributed by atoms with van der Waals surface area (Å²) in [6.07, 6.45) is 6.30. The monoisotopic (exact) mass is 276 g/mol. The molecule has 0 bridgehead atoms. The number of aliphatic hydroxyl groups excluding tert-OH is 1. The highest BCUT2D eigenvalue weighted by Crippen LogP contribution is 2.46. The SMILES string of the molecule is CCC1CCCCC1C(O)C1CSc2ccccc21. The lowest BCUT2D eigenvalue weighted by atomic mass is 9.71. The molecule has 1 aliphatic carbocycles. The maximum atomic E-state index is 10.9. The van der Waals surface area contributed by atoms with Gasteiger partial charge in [0.1, 0.15) is 0 Å². The van der Waals surface area contributed by atoms with Crippen LogP contribution in [0.2, 0.25) is 0 Å². The van der Waals surface area contributed by atoms with Crippen molar-refractivity contribution in [2.75, 3.05) is 5.75 Å². The Kier molecular flexibility index (Phi) is 4.18. The van der Waals surface area contributed by atoms with Crippen LogP contribution in [-0.2, 0) is 0 Å². The van der Waals surface area contributed by atoms with Crippen LogP contribution < -0.4 is 0 Å². The van der Waals surface area contributed by atoms with Crippen LogP contribution in [0.4, 0.5) is 0 Å². The van der Waals surface area contributed by atoms with Gasteiger partial charge in [-0.2, -0.15) is 0 Å². The fourth-order valence-corrected chi connectivity index (χ4v) is 5.26. The van der Waals surface area contributed by atoms with Crippen molar-refractivity contribution >= 4 is 11.8 Å². The summed E-state index contributed by atoms with van der Waals surface area (Å²) in [5, 5.41) is 10.9. The van der Waals surface area contributed by atoms with E-state index in [9.17, 15) is 5.11 Å². The standard InChI is InChI=1S/C17H24OS/c1-2-12-7-3-4-8-13(12)17(18)15-11-19-16-10-6-5-9-14(15)16/h5-6,9-10,12-13,15,17-18H,2-4,7-8,11H2,1H3. The first-order valence-corrected chi connectivity index (χ1v) is 8.69. The zero-order chi connectivity index (χ0) is 13.2. The highest BCUT2D eigenvalue weighted by atomic mass is 32.2. The van der Waals surface area contributed by atoms with E-state index in [1.807, 2.05) is 11.8 Å². The fourth-order valence-electron chi connectivity index (χ4n) is 3.96. The maximum absolute atomic E-state index is 10.9. The van der Waals surface area contributed by atoms with Gasteiger partial charge in [0, 0.05) is 16.6 Å². The van der Waals surface area contributed by atoms with E-state index in [1.54, 1.807) is 0 Å². The number of benzene rings is 1. The summed E-state index contributed by atoms with van der Waals surface area (Å²) in [7, 11) is 0. The summed E-state index contributed by atoms with van der Waals surface area (Å²) in [4.78, 5) is 1.38. The molecule has 1 nitrogen and oxygen atoms in total. The Morgan fingerprint density at radius 3 is 2.89 bits per heavy atom. The van der Waals surface area contributed by atoms with Crippen LogP contribution in [0.25, 0.3) is 0 Å². The number of fused-ring (bicyclic) bond motifs is 1. The van der Waals surface area contributed by atoms with E-state index >= 15 is 0 Å². The normalized spacial score (nSPS) is 32.0. The van der Waals surface area contributed by atoms with Gasteiger partial charge in [-0.25, -0.2) is 0 Å². The van der Waals surface area contributed by atoms with E-state index in [0.29, 0.717) is 11.8 Å². The third-order valence-electron chi connectivity index (χ3n) is 5.08. The van der Waals surface area contributed by atoms with Crippen LogP contribution in [0.15, 0.2) is 29.2 Å². The van der Waals surface area contributed by atoms with Crippen molar-refractivity contribution in [3.63, 3.8) is 0 Å². The first-order valence-electron chi connectivity index (χ1n) is 7.71. The molecule has 1 fully saturated rings. The summed E-state index contributed by atoms with van der Waals surface area (Å²) in [6, 6.07) is 8.64. The van der Waals surface area contributed by atoms with E-state index in [0.717, 1.165) is 11.7 Å². The molecule has 19 heavy (non-hydrogen) atoms. The average molecular weight is 276 g/mol. The second-order valence-electron chi connectivity index (χ2n) is 6.06. The topological polar surface area (TPSA) is 20.2 Å². The summed E-state index contributed by atoms with van der Waals surface area (Å²) >= 11 is 1.92. The minimum Gasteiger partial charge on any atom is -0.392 e. The lowest BCUT2D eigenvalue weighted by Gasteiger charge is -2.37. The lowest BCUT2D eigenvalue weighted by molar-refractivity contribution is 0.0313. The number of hydrogen-bond acceptors (Lipinski definition) is 2. The first-order chi connectivity index (χ1) is 9.31. The molecule has 104 valence electrons. The number of hydrogen-bond donors (Lipinski definition) is 1. The van der Waals surface area contributed by atoms with Crippen molar-refractivity contribution in [1.82, 2.24) is 0 Å². The predicted octanol–water partition coefficient (Wildman–Crippen LogP) is 4.45. The second-order valence-corrected chi connectivity index (χ2v) is 7.12. The molecule has 2 heteroatoms. The van der Waals surface area contributed by atoms with Gasteiger partial charge in [-0.1, -0.05) is 50.8 Å². The molecule has 0 spiro atoms. The van der Waals surface area contributed by atoms with E-state index in [1.165, 1.54) is 42.6 Å². The summed E-state index contributed by atoms with van der Waals surface area (Å²) in [5.74, 6) is 2.68. The summed E-state index contributed by atoms with van der Waals surface area (Å²) < 4.78 is 0. The molecule has 1 N–H and O–H groups in total. The van der Waals surface area contributed by atoms with Crippen LogP contribution in [0.1, 0.15) is 50.5 Å². The number of aliphatic hydroxyl groups is 1. The van der Waals surface area contributed by atoms with E-state index in [-0.39, 0.29) is 6.10 Å². The smallest absolute Gasteiger partial charge is 0.0647 e. The van der Waals surface area contributed by atoms with Crippen molar-refractivity contribution in [3.8, 4) is 0 Å². The Hall–Kier alpha value is -0.470. The largest absolute Gasteiger partial charge is 0.392 e. The maximum Gasteiger partial charge on any atom is 0.0647 e. The molecule has 1 aromatic carbocycles. The van der Waals surface area contributed by atoms with Crippen LogP contribution in [0, 0.1) is 11.8 Å². The molecule has 0 amide bonds. The first kappa shape index (κ1) is 13.5. The Bertz CT molecular complexity index is 431. The summed E-state index contributed by atoms with van der Waals surface area (Å²) in [6.45, 7) is 2.28. The molecular weight excluding hydrogens is 252 g/mol. The van der Waals surface area contributed by atoms with Gasteiger partial charge in [-0.15, -0.1) is 11.8 Å². The number of thioether (sulfide) groups is 1. The fraction of sp³-hybridized carbons (Fsp3) is 0.647. The molecule has 0 radical (unpaired) electrons. The highest BCUT2D eigenvalue weighted by molar-refractivity contribution is 7.99. The van der Waals surface area contributed by atoms with Crippen LogP contribution >= 0.6 is 11.8 Å². The minimum absolute atomic E-state index is 0.138. The van der Waals surface area contributed by atoms with Crippen LogP contribution in [-0.4, -0.2) is 17.0 Å². The predicted molar refractivity (Wildman–Crippen MR) is 81.7 cm³/mol. The molecule has 4 unspecified atom stereocenters. The van der Waals surface area contributed by atoms with Gasteiger partial charge in [0.25, 0.3) is 0 Å². The number of rotatable bonds is 3. The van der Waals surface area contributed by atoms with Crippen molar-refractivity contribution in [2.24, 2.45) is 11.8 Å². The average Bonchev–Trinajstić information content (AvgIpc) is 2.90. The van der Waals surface area contributed by atoms with Gasteiger partial charge in [0.05, 0.1) is 6.10 Å². The van der Waals surface area contributed by atoms with Crippen molar-refractivity contribution < 1.29 is 5.11 Å². The van der Waals surface area contributed by atoms with E-state index in [4.69, 9.17) is 0 Å². The Morgan fingerprint density at radius 1 is 1.26 bits per heavy atom. The van der Waals surface area contributed by atoms with Crippen LogP contribution in [0.3, 0.4) is 0 Å². The van der Waals surface area contributed by atoms with Gasteiger partial charge < -0.3 is 5.11 Å². The molecule has 1 heterocycles. The van der Waals surface area contributed by atoms with Crippen molar-refractivity contribution in [3.05, 3.63) is 29.8 Å². The third kappa shape index (κ3) is 2.57. The Balaban J connectivity index is 1.79. The molecule has 0 aromatic heterocycles. The van der Waals surface area contributed by atoms with Crippen molar-refractivity contribution in [1.29, 1.82) is 0 Å². The molecule has 1 aliphatic heterocycles. The van der Waals surface area contributed by atoms with Gasteiger partial charge >= 0.3 is 0 Å². The second kappa shape index (κ2) is 5.88. The van der Waals surface area contributed by atoms with Gasteiger partial charge in [-0.3, -0.25) is 0 Å².